The minimum absolute atomic E-state index is 0.00767. The van der Waals surface area contributed by atoms with Gasteiger partial charge in [0.25, 0.3) is 5.91 Å². The molecule has 0 heterocycles. The van der Waals surface area contributed by atoms with E-state index in [4.69, 9.17) is 5.11 Å². The maximum atomic E-state index is 11.9. The van der Waals surface area contributed by atoms with Gasteiger partial charge in [0.05, 0.1) is 4.90 Å². The second kappa shape index (κ2) is 5.00. The summed E-state index contributed by atoms with van der Waals surface area (Å²) in [6.45, 7) is 2.68. The Labute approximate surface area is 111 Å². The number of carboxylic acid groups (broad SMARTS) is 1. The van der Waals surface area contributed by atoms with Gasteiger partial charge < -0.3 is 10.4 Å². The smallest absolute Gasteiger partial charge is 0.328 e. The third-order valence-corrected chi connectivity index (χ3v) is 3.60. The topological polar surface area (TPSA) is 101 Å². The summed E-state index contributed by atoms with van der Waals surface area (Å²) in [6, 6.07) is 5.43. The molecule has 2 N–H and O–H groups in total. The van der Waals surface area contributed by atoms with Gasteiger partial charge in [0.15, 0.2) is 9.84 Å². The number of amides is 1. The van der Waals surface area contributed by atoms with Crippen molar-refractivity contribution in [1.29, 1.82) is 0 Å². The van der Waals surface area contributed by atoms with Crippen molar-refractivity contribution >= 4 is 21.7 Å². The highest BCUT2D eigenvalue weighted by Crippen LogP contribution is 2.12. The van der Waals surface area contributed by atoms with Crippen LogP contribution in [-0.2, 0) is 14.6 Å². The summed E-state index contributed by atoms with van der Waals surface area (Å²) in [5, 5.41) is 11.2. The molecule has 6 nitrogen and oxygen atoms in total. The fraction of sp³-hybridized carbons (Fsp3) is 0.333. The number of carbonyl (C=O) groups excluding carboxylic acids is 1. The van der Waals surface area contributed by atoms with E-state index < -0.39 is 27.3 Å². The summed E-state index contributed by atoms with van der Waals surface area (Å²) in [6.07, 6.45) is 1.03. The largest absolute Gasteiger partial charge is 0.480 e. The molecule has 1 aromatic carbocycles. The minimum atomic E-state index is -3.42. The van der Waals surface area contributed by atoms with Gasteiger partial charge in [-0.2, -0.15) is 0 Å². The number of benzene rings is 1. The van der Waals surface area contributed by atoms with Gasteiger partial charge in [0, 0.05) is 11.8 Å². The summed E-state index contributed by atoms with van der Waals surface area (Å²) >= 11 is 0. The van der Waals surface area contributed by atoms with Crippen LogP contribution in [0.3, 0.4) is 0 Å². The van der Waals surface area contributed by atoms with Gasteiger partial charge in [-0.15, -0.1) is 0 Å². The SMILES string of the molecule is CC(C)(NC(=O)c1cccc(S(C)(=O)=O)c1)C(=O)O. The molecule has 1 rings (SSSR count). The van der Waals surface area contributed by atoms with E-state index in [0.29, 0.717) is 0 Å². The summed E-state index contributed by atoms with van der Waals surface area (Å²) in [4.78, 5) is 22.8. The minimum Gasteiger partial charge on any atom is -0.480 e. The lowest BCUT2D eigenvalue weighted by Gasteiger charge is -2.21. The van der Waals surface area contributed by atoms with Crippen LogP contribution in [-0.4, -0.2) is 37.2 Å². The van der Waals surface area contributed by atoms with Gasteiger partial charge >= 0.3 is 5.97 Å². The molecule has 0 saturated carbocycles. The van der Waals surface area contributed by atoms with E-state index in [1.54, 1.807) is 0 Å². The summed E-state index contributed by atoms with van der Waals surface area (Å²) < 4.78 is 22.8. The number of rotatable bonds is 4. The standard InChI is InChI=1S/C12H15NO5S/c1-12(2,11(15)16)13-10(14)8-5-4-6-9(7-8)19(3,17)18/h4-7H,1-3H3,(H,13,14)(H,15,16). The Morgan fingerprint density at radius 2 is 1.84 bits per heavy atom. The summed E-state index contributed by atoms with van der Waals surface area (Å²) in [5.41, 5.74) is -1.34. The highest BCUT2D eigenvalue weighted by Gasteiger charge is 2.29. The molecular weight excluding hydrogens is 270 g/mol. The van der Waals surface area contributed by atoms with Crippen molar-refractivity contribution < 1.29 is 23.1 Å². The summed E-state index contributed by atoms with van der Waals surface area (Å²) in [7, 11) is -3.42. The van der Waals surface area contributed by atoms with Crippen LogP contribution < -0.4 is 5.32 Å². The van der Waals surface area contributed by atoms with Gasteiger partial charge in [0.2, 0.25) is 0 Å². The number of aliphatic carboxylic acids is 1. The Hall–Kier alpha value is -1.89. The molecule has 0 bridgehead atoms. The number of hydrogen-bond donors (Lipinski definition) is 2. The second-order valence-electron chi connectivity index (χ2n) is 4.68. The number of carboxylic acids is 1. The van der Waals surface area contributed by atoms with E-state index in [2.05, 4.69) is 5.32 Å². The van der Waals surface area contributed by atoms with Crippen molar-refractivity contribution in [3.8, 4) is 0 Å². The van der Waals surface area contributed by atoms with Crippen LogP contribution >= 0.6 is 0 Å². The van der Waals surface area contributed by atoms with E-state index in [-0.39, 0.29) is 10.5 Å². The number of carbonyl (C=O) groups is 2. The first-order valence-corrected chi connectivity index (χ1v) is 7.29. The number of sulfone groups is 1. The zero-order valence-corrected chi connectivity index (χ0v) is 11.6. The molecule has 0 aliphatic heterocycles. The Kier molecular flexibility index (Phi) is 4.00. The van der Waals surface area contributed by atoms with E-state index in [1.165, 1.54) is 38.1 Å². The first-order chi connectivity index (χ1) is 8.54. The second-order valence-corrected chi connectivity index (χ2v) is 6.70. The van der Waals surface area contributed by atoms with Crippen LogP contribution in [0.2, 0.25) is 0 Å². The lowest BCUT2D eigenvalue weighted by Crippen LogP contribution is -2.49. The predicted octanol–water partition coefficient (Wildman–Crippen LogP) is 0.683. The molecule has 0 aliphatic carbocycles. The molecule has 0 radical (unpaired) electrons. The van der Waals surface area contributed by atoms with Gasteiger partial charge in [-0.1, -0.05) is 6.07 Å². The van der Waals surface area contributed by atoms with Crippen molar-refractivity contribution in [2.75, 3.05) is 6.26 Å². The van der Waals surface area contributed by atoms with Crippen LogP contribution in [0.5, 0.6) is 0 Å². The van der Waals surface area contributed by atoms with E-state index in [0.717, 1.165) is 6.26 Å². The van der Waals surface area contributed by atoms with Gasteiger partial charge in [-0.25, -0.2) is 13.2 Å². The molecule has 0 atom stereocenters. The maximum Gasteiger partial charge on any atom is 0.328 e. The van der Waals surface area contributed by atoms with E-state index in [1.807, 2.05) is 0 Å². The van der Waals surface area contributed by atoms with Crippen LogP contribution in [0, 0.1) is 0 Å². The molecule has 7 heteroatoms. The van der Waals surface area contributed by atoms with Crippen molar-refractivity contribution in [3.63, 3.8) is 0 Å². The number of hydrogen-bond acceptors (Lipinski definition) is 4. The fourth-order valence-corrected chi connectivity index (χ4v) is 1.94. The molecule has 0 aliphatic rings. The normalized spacial score (nSPS) is 11.9. The van der Waals surface area contributed by atoms with E-state index >= 15 is 0 Å². The van der Waals surface area contributed by atoms with Crippen LogP contribution in [0.1, 0.15) is 24.2 Å². The fourth-order valence-electron chi connectivity index (χ4n) is 1.28. The predicted molar refractivity (Wildman–Crippen MR) is 68.7 cm³/mol. The average Bonchev–Trinajstić information content (AvgIpc) is 2.27. The Morgan fingerprint density at radius 3 is 2.32 bits per heavy atom. The highest BCUT2D eigenvalue weighted by molar-refractivity contribution is 7.90. The molecule has 104 valence electrons. The molecule has 0 saturated heterocycles. The first-order valence-electron chi connectivity index (χ1n) is 5.40. The molecular formula is C12H15NO5S. The molecule has 0 spiro atoms. The molecule has 0 aromatic heterocycles. The van der Waals surface area contributed by atoms with Crippen LogP contribution in [0.4, 0.5) is 0 Å². The van der Waals surface area contributed by atoms with Crippen molar-refractivity contribution in [3.05, 3.63) is 29.8 Å². The van der Waals surface area contributed by atoms with Crippen LogP contribution in [0.25, 0.3) is 0 Å². The Balaban J connectivity index is 3.06. The van der Waals surface area contributed by atoms with Gasteiger partial charge in [-0.05, 0) is 32.0 Å². The lowest BCUT2D eigenvalue weighted by atomic mass is 10.1. The third kappa shape index (κ3) is 3.78. The molecule has 1 amide bonds. The monoisotopic (exact) mass is 285 g/mol. The van der Waals surface area contributed by atoms with E-state index in [9.17, 15) is 18.0 Å². The quantitative estimate of drug-likeness (QED) is 0.847. The van der Waals surface area contributed by atoms with Crippen LogP contribution in [0.15, 0.2) is 29.2 Å². The highest BCUT2D eigenvalue weighted by atomic mass is 32.2. The molecule has 1 aromatic rings. The van der Waals surface area contributed by atoms with Crippen molar-refractivity contribution in [2.24, 2.45) is 0 Å². The average molecular weight is 285 g/mol. The lowest BCUT2D eigenvalue weighted by molar-refractivity contribution is -0.143. The van der Waals surface area contributed by atoms with Crippen molar-refractivity contribution in [1.82, 2.24) is 5.32 Å². The Morgan fingerprint density at radius 1 is 1.26 bits per heavy atom. The first kappa shape index (κ1) is 15.2. The zero-order valence-electron chi connectivity index (χ0n) is 10.8. The van der Waals surface area contributed by atoms with Gasteiger partial charge in [0.1, 0.15) is 5.54 Å². The van der Waals surface area contributed by atoms with Crippen molar-refractivity contribution in [2.45, 2.75) is 24.3 Å². The Bertz CT molecular complexity index is 619. The maximum absolute atomic E-state index is 11.9. The number of nitrogens with one attached hydrogen (secondary N) is 1. The molecule has 0 fully saturated rings. The zero-order chi connectivity index (χ0) is 14.8. The molecule has 0 unspecified atom stereocenters. The molecule has 19 heavy (non-hydrogen) atoms. The van der Waals surface area contributed by atoms with Gasteiger partial charge in [-0.3, -0.25) is 4.79 Å². The third-order valence-electron chi connectivity index (χ3n) is 2.49. The summed E-state index contributed by atoms with van der Waals surface area (Å²) in [5.74, 6) is -1.82.